The highest BCUT2D eigenvalue weighted by Crippen LogP contribution is 2.31. The molecule has 0 fully saturated rings. The molecule has 0 aliphatic carbocycles. The highest BCUT2D eigenvalue weighted by atomic mass is 19.4. The van der Waals surface area contributed by atoms with Crippen molar-refractivity contribution in [2.24, 2.45) is 0 Å². The molecule has 1 aromatic heterocycles. The lowest BCUT2D eigenvalue weighted by atomic mass is 10.0. The summed E-state index contributed by atoms with van der Waals surface area (Å²) in [5.41, 5.74) is 1.13. The van der Waals surface area contributed by atoms with Crippen molar-refractivity contribution in [3.05, 3.63) is 53.2 Å². The molecule has 19 heavy (non-hydrogen) atoms. The predicted octanol–water partition coefficient (Wildman–Crippen LogP) is 3.89. The smallest absolute Gasteiger partial charge is 0.298 e. The summed E-state index contributed by atoms with van der Waals surface area (Å²) in [5, 5.41) is 0. The Kier molecular flexibility index (Phi) is 3.38. The number of benzene rings is 1. The molecule has 5 heteroatoms. The van der Waals surface area contributed by atoms with Crippen molar-refractivity contribution in [1.29, 1.82) is 0 Å². The Balaban J connectivity index is 2.53. The van der Waals surface area contributed by atoms with Crippen molar-refractivity contribution in [3.8, 4) is 11.3 Å². The van der Waals surface area contributed by atoms with Crippen molar-refractivity contribution < 1.29 is 18.0 Å². The van der Waals surface area contributed by atoms with Gasteiger partial charge in [0.1, 0.15) is 6.29 Å². The van der Waals surface area contributed by atoms with Gasteiger partial charge in [0.25, 0.3) is 0 Å². The van der Waals surface area contributed by atoms with Gasteiger partial charge in [-0.25, -0.2) is 0 Å². The zero-order valence-electron chi connectivity index (χ0n) is 10.0. The lowest BCUT2D eigenvalue weighted by molar-refractivity contribution is -0.137. The third-order valence-corrected chi connectivity index (χ3v) is 2.62. The number of halogens is 3. The summed E-state index contributed by atoms with van der Waals surface area (Å²) < 4.78 is 37.9. The van der Waals surface area contributed by atoms with E-state index in [1.165, 1.54) is 6.07 Å². The van der Waals surface area contributed by atoms with E-state index in [-0.39, 0.29) is 5.69 Å². The molecule has 1 aromatic carbocycles. The SMILES string of the molecule is Cc1cc(C=O)cc(-c2cc(C(F)(F)F)ccn2)c1. The molecular weight excluding hydrogens is 255 g/mol. The molecule has 0 N–H and O–H groups in total. The fourth-order valence-corrected chi connectivity index (χ4v) is 1.79. The van der Waals surface area contributed by atoms with Crippen molar-refractivity contribution in [2.75, 3.05) is 0 Å². The number of aryl methyl sites for hydroxylation is 1. The Morgan fingerprint density at radius 2 is 1.89 bits per heavy atom. The average Bonchev–Trinajstić information content (AvgIpc) is 2.37. The highest BCUT2D eigenvalue weighted by Gasteiger charge is 2.30. The molecule has 0 aliphatic rings. The quantitative estimate of drug-likeness (QED) is 0.771. The lowest BCUT2D eigenvalue weighted by Crippen LogP contribution is -2.05. The minimum atomic E-state index is -4.41. The summed E-state index contributed by atoms with van der Waals surface area (Å²) in [5.74, 6) is 0. The number of nitrogens with zero attached hydrogens (tertiary/aromatic N) is 1. The molecule has 0 saturated heterocycles. The van der Waals surface area contributed by atoms with E-state index in [0.29, 0.717) is 17.4 Å². The topological polar surface area (TPSA) is 30.0 Å². The van der Waals surface area contributed by atoms with Crippen molar-refractivity contribution in [2.45, 2.75) is 13.1 Å². The van der Waals surface area contributed by atoms with Crippen LogP contribution in [0.1, 0.15) is 21.5 Å². The van der Waals surface area contributed by atoms with Crippen molar-refractivity contribution in [1.82, 2.24) is 4.98 Å². The largest absolute Gasteiger partial charge is 0.416 e. The average molecular weight is 265 g/mol. The first-order valence-corrected chi connectivity index (χ1v) is 5.50. The zero-order valence-corrected chi connectivity index (χ0v) is 10.0. The number of hydrogen-bond acceptors (Lipinski definition) is 2. The number of carbonyl (C=O) groups is 1. The minimum Gasteiger partial charge on any atom is -0.298 e. The Labute approximate surface area is 107 Å². The van der Waals surface area contributed by atoms with Gasteiger partial charge < -0.3 is 0 Å². The van der Waals surface area contributed by atoms with E-state index in [4.69, 9.17) is 0 Å². The summed E-state index contributed by atoms with van der Waals surface area (Å²) in [7, 11) is 0. The molecular formula is C14H10F3NO. The van der Waals surface area contributed by atoms with Gasteiger partial charge in [-0.15, -0.1) is 0 Å². The van der Waals surface area contributed by atoms with Crippen LogP contribution in [0.25, 0.3) is 11.3 Å². The maximum atomic E-state index is 12.6. The van der Waals surface area contributed by atoms with Crippen LogP contribution in [0.3, 0.4) is 0 Å². The van der Waals surface area contributed by atoms with Crippen LogP contribution in [-0.4, -0.2) is 11.3 Å². The molecule has 2 aromatic rings. The van der Waals surface area contributed by atoms with Crippen LogP contribution in [0.2, 0.25) is 0 Å². The van der Waals surface area contributed by atoms with Crippen LogP contribution in [0.15, 0.2) is 36.5 Å². The Morgan fingerprint density at radius 3 is 2.53 bits per heavy atom. The molecule has 0 bridgehead atoms. The molecule has 0 radical (unpaired) electrons. The van der Waals surface area contributed by atoms with Crippen LogP contribution in [-0.2, 0) is 6.18 Å². The Morgan fingerprint density at radius 1 is 1.16 bits per heavy atom. The summed E-state index contributed by atoms with van der Waals surface area (Å²) in [6.07, 6.45) is -2.64. The summed E-state index contributed by atoms with van der Waals surface area (Å²) in [4.78, 5) is 14.7. The number of alkyl halides is 3. The van der Waals surface area contributed by atoms with E-state index in [9.17, 15) is 18.0 Å². The number of pyridine rings is 1. The molecule has 0 atom stereocenters. The van der Waals surface area contributed by atoms with E-state index in [2.05, 4.69) is 4.98 Å². The highest BCUT2D eigenvalue weighted by molar-refractivity contribution is 5.79. The molecule has 0 spiro atoms. The normalized spacial score (nSPS) is 11.4. The van der Waals surface area contributed by atoms with E-state index < -0.39 is 11.7 Å². The van der Waals surface area contributed by atoms with Gasteiger partial charge in [0.05, 0.1) is 11.3 Å². The van der Waals surface area contributed by atoms with E-state index in [1.807, 2.05) is 0 Å². The molecule has 2 rings (SSSR count). The van der Waals surface area contributed by atoms with E-state index >= 15 is 0 Å². The van der Waals surface area contributed by atoms with Gasteiger partial charge in [0.15, 0.2) is 0 Å². The van der Waals surface area contributed by atoms with Gasteiger partial charge in [-0.3, -0.25) is 9.78 Å². The van der Waals surface area contributed by atoms with Crippen LogP contribution in [0, 0.1) is 6.92 Å². The zero-order chi connectivity index (χ0) is 14.0. The maximum absolute atomic E-state index is 12.6. The third kappa shape index (κ3) is 2.99. The first kappa shape index (κ1) is 13.3. The van der Waals surface area contributed by atoms with Crippen LogP contribution < -0.4 is 0 Å². The number of carbonyl (C=O) groups excluding carboxylic acids is 1. The number of aromatic nitrogens is 1. The Bertz CT molecular complexity index is 620. The lowest BCUT2D eigenvalue weighted by Gasteiger charge is -2.09. The summed E-state index contributed by atoms with van der Waals surface area (Å²) >= 11 is 0. The molecule has 0 unspecified atom stereocenters. The number of aldehydes is 1. The number of hydrogen-bond donors (Lipinski definition) is 0. The summed E-state index contributed by atoms with van der Waals surface area (Å²) in [6.45, 7) is 1.77. The minimum absolute atomic E-state index is 0.196. The molecule has 98 valence electrons. The fourth-order valence-electron chi connectivity index (χ4n) is 1.79. The molecule has 0 aliphatic heterocycles. The van der Waals surface area contributed by atoms with Gasteiger partial charge in [-0.1, -0.05) is 0 Å². The van der Waals surface area contributed by atoms with Crippen LogP contribution >= 0.6 is 0 Å². The second-order valence-corrected chi connectivity index (χ2v) is 4.18. The maximum Gasteiger partial charge on any atom is 0.416 e. The molecule has 0 amide bonds. The first-order valence-electron chi connectivity index (χ1n) is 5.50. The second-order valence-electron chi connectivity index (χ2n) is 4.18. The number of rotatable bonds is 2. The molecule has 1 heterocycles. The molecule has 2 nitrogen and oxygen atoms in total. The van der Waals surface area contributed by atoms with Gasteiger partial charge in [-0.05, 0) is 42.8 Å². The van der Waals surface area contributed by atoms with Gasteiger partial charge >= 0.3 is 6.18 Å². The van der Waals surface area contributed by atoms with Crippen LogP contribution in [0.5, 0.6) is 0 Å². The third-order valence-electron chi connectivity index (χ3n) is 2.62. The first-order chi connectivity index (χ1) is 8.90. The molecule has 0 saturated carbocycles. The fraction of sp³-hybridized carbons (Fsp3) is 0.143. The Hall–Kier alpha value is -2.17. The van der Waals surface area contributed by atoms with Crippen molar-refractivity contribution in [3.63, 3.8) is 0 Å². The second kappa shape index (κ2) is 4.84. The van der Waals surface area contributed by atoms with Crippen molar-refractivity contribution >= 4 is 6.29 Å². The van der Waals surface area contributed by atoms with E-state index in [1.54, 1.807) is 19.1 Å². The monoisotopic (exact) mass is 265 g/mol. The standard InChI is InChI=1S/C14H10F3NO/c1-9-4-10(8-19)6-11(5-9)13-7-12(2-3-18-13)14(15,16)17/h2-8H,1H3. The van der Waals surface area contributed by atoms with Gasteiger partial charge in [0.2, 0.25) is 0 Å². The van der Waals surface area contributed by atoms with E-state index in [0.717, 1.165) is 23.9 Å². The summed E-state index contributed by atoms with van der Waals surface area (Å²) in [6, 6.07) is 6.76. The van der Waals surface area contributed by atoms with Crippen LogP contribution in [0.4, 0.5) is 13.2 Å². The predicted molar refractivity (Wildman–Crippen MR) is 64.8 cm³/mol. The van der Waals surface area contributed by atoms with Gasteiger partial charge in [-0.2, -0.15) is 13.2 Å². The van der Waals surface area contributed by atoms with Gasteiger partial charge in [0, 0.05) is 17.3 Å².